The lowest BCUT2D eigenvalue weighted by Crippen LogP contribution is -2.51. The van der Waals surface area contributed by atoms with Crippen LogP contribution in [0.5, 0.6) is 5.75 Å². The van der Waals surface area contributed by atoms with E-state index in [2.05, 4.69) is 15.9 Å². The van der Waals surface area contributed by atoms with Crippen molar-refractivity contribution < 1.29 is 23.9 Å². The number of ketones is 1. The Balaban J connectivity index is 1.71. The predicted octanol–water partition coefficient (Wildman–Crippen LogP) is 3.59. The monoisotopic (exact) mass is 483 g/mol. The molecule has 0 spiro atoms. The molecule has 7 heteroatoms. The Morgan fingerprint density at radius 2 is 1.84 bits per heavy atom. The molecule has 0 unspecified atom stereocenters. The third-order valence-corrected chi connectivity index (χ3v) is 7.48. The van der Waals surface area contributed by atoms with Crippen LogP contribution in [0.25, 0.3) is 0 Å². The lowest BCUT2D eigenvalue weighted by molar-refractivity contribution is -0.156. The molecule has 0 N–H and O–H groups in total. The fourth-order valence-corrected chi connectivity index (χ4v) is 5.95. The Morgan fingerprint density at radius 3 is 2.52 bits per heavy atom. The molecular formula is C24H22BrNO5. The number of halogens is 1. The SMILES string of the molecule is CC[C@]1(C(=O)c2ccccc2)[C@@H]2c3cc(Br)ccc3OC(=O)[C@]21C(=O)N1CCOCC1. The topological polar surface area (TPSA) is 72.9 Å². The average molecular weight is 484 g/mol. The van der Waals surface area contributed by atoms with Gasteiger partial charge in [-0.1, -0.05) is 53.2 Å². The summed E-state index contributed by atoms with van der Waals surface area (Å²) < 4.78 is 11.9. The van der Waals surface area contributed by atoms with Crippen LogP contribution < -0.4 is 4.74 Å². The van der Waals surface area contributed by atoms with E-state index in [-0.39, 0.29) is 11.7 Å². The number of carbonyl (C=O) groups excluding carboxylic acids is 3. The number of ether oxygens (including phenoxy) is 2. The van der Waals surface area contributed by atoms with Crippen molar-refractivity contribution in [3.63, 3.8) is 0 Å². The molecule has 2 fully saturated rings. The minimum absolute atomic E-state index is 0.188. The fraction of sp³-hybridized carbons (Fsp3) is 0.375. The molecule has 2 aromatic carbocycles. The fourth-order valence-electron chi connectivity index (χ4n) is 5.57. The van der Waals surface area contributed by atoms with Crippen molar-refractivity contribution in [1.82, 2.24) is 4.90 Å². The smallest absolute Gasteiger partial charge is 0.328 e. The molecular weight excluding hydrogens is 462 g/mol. The summed E-state index contributed by atoms with van der Waals surface area (Å²) in [5.74, 6) is -1.30. The van der Waals surface area contributed by atoms with Crippen molar-refractivity contribution in [3.8, 4) is 5.75 Å². The molecule has 1 amide bonds. The summed E-state index contributed by atoms with van der Waals surface area (Å²) >= 11 is 3.49. The highest BCUT2D eigenvalue weighted by atomic mass is 79.9. The number of morpholine rings is 1. The van der Waals surface area contributed by atoms with Crippen LogP contribution in [0, 0.1) is 10.8 Å². The third-order valence-electron chi connectivity index (χ3n) is 6.99. The summed E-state index contributed by atoms with van der Waals surface area (Å²) in [6, 6.07) is 14.3. The molecule has 5 rings (SSSR count). The van der Waals surface area contributed by atoms with Crippen LogP contribution in [-0.2, 0) is 14.3 Å². The quantitative estimate of drug-likeness (QED) is 0.287. The van der Waals surface area contributed by atoms with Crippen LogP contribution in [0.1, 0.15) is 35.2 Å². The van der Waals surface area contributed by atoms with Gasteiger partial charge in [0.15, 0.2) is 11.2 Å². The van der Waals surface area contributed by atoms with Crippen molar-refractivity contribution in [1.29, 1.82) is 0 Å². The molecule has 31 heavy (non-hydrogen) atoms. The molecule has 3 aliphatic rings. The van der Waals surface area contributed by atoms with Crippen LogP contribution in [0.2, 0.25) is 0 Å². The number of fused-ring (bicyclic) bond motifs is 3. The Morgan fingerprint density at radius 1 is 1.13 bits per heavy atom. The maximum absolute atomic E-state index is 13.9. The van der Waals surface area contributed by atoms with E-state index in [1.54, 1.807) is 41.3 Å². The highest BCUT2D eigenvalue weighted by molar-refractivity contribution is 9.10. The van der Waals surface area contributed by atoms with Gasteiger partial charge in [-0.2, -0.15) is 0 Å². The standard InChI is InChI=1S/C24H22BrNO5/c1-2-23(20(27)15-6-4-3-5-7-15)19-17-14-16(25)8-9-18(17)31-22(29)24(19,23)21(28)26-10-12-30-13-11-26/h3-9,14,19H,2,10-13H2,1H3/t19-,23+,24+/m0/s1. The molecule has 1 saturated carbocycles. The zero-order valence-electron chi connectivity index (χ0n) is 17.1. The van der Waals surface area contributed by atoms with E-state index in [9.17, 15) is 14.4 Å². The predicted molar refractivity (Wildman–Crippen MR) is 116 cm³/mol. The molecule has 3 atom stereocenters. The number of Topliss-reactive ketones (excluding diaryl/α,β-unsaturated/α-hetero) is 1. The molecule has 2 aliphatic heterocycles. The van der Waals surface area contributed by atoms with Gasteiger partial charge in [0.05, 0.1) is 18.6 Å². The van der Waals surface area contributed by atoms with Crippen molar-refractivity contribution >= 4 is 33.6 Å². The Bertz CT molecular complexity index is 1080. The van der Waals surface area contributed by atoms with E-state index in [4.69, 9.17) is 9.47 Å². The van der Waals surface area contributed by atoms with Gasteiger partial charge >= 0.3 is 5.97 Å². The number of hydrogen-bond acceptors (Lipinski definition) is 5. The first-order valence-electron chi connectivity index (χ1n) is 10.5. The van der Waals surface area contributed by atoms with E-state index < -0.39 is 22.7 Å². The van der Waals surface area contributed by atoms with Gasteiger partial charge in [0.1, 0.15) is 5.75 Å². The van der Waals surface area contributed by atoms with Gasteiger partial charge in [0.25, 0.3) is 0 Å². The van der Waals surface area contributed by atoms with E-state index in [1.807, 2.05) is 19.1 Å². The van der Waals surface area contributed by atoms with Crippen LogP contribution in [0.3, 0.4) is 0 Å². The summed E-state index contributed by atoms with van der Waals surface area (Å²) in [7, 11) is 0. The summed E-state index contributed by atoms with van der Waals surface area (Å²) in [5, 5.41) is 0. The molecule has 1 saturated heterocycles. The molecule has 0 bridgehead atoms. The first-order chi connectivity index (χ1) is 15.0. The lowest BCUT2D eigenvalue weighted by Gasteiger charge is -2.32. The van der Waals surface area contributed by atoms with Crippen LogP contribution >= 0.6 is 15.9 Å². The summed E-state index contributed by atoms with van der Waals surface area (Å²) in [6.45, 7) is 3.49. The molecule has 2 heterocycles. The van der Waals surface area contributed by atoms with Crippen LogP contribution in [-0.4, -0.2) is 48.9 Å². The highest BCUT2D eigenvalue weighted by Crippen LogP contribution is 2.80. The van der Waals surface area contributed by atoms with Gasteiger partial charge in [0.2, 0.25) is 5.91 Å². The van der Waals surface area contributed by atoms with Gasteiger partial charge in [-0.15, -0.1) is 0 Å². The number of rotatable bonds is 4. The van der Waals surface area contributed by atoms with Gasteiger partial charge < -0.3 is 14.4 Å². The maximum atomic E-state index is 13.9. The second kappa shape index (κ2) is 7.28. The third kappa shape index (κ3) is 2.62. The van der Waals surface area contributed by atoms with E-state index >= 15 is 0 Å². The van der Waals surface area contributed by atoms with E-state index in [0.717, 1.165) is 10.0 Å². The van der Waals surface area contributed by atoms with Gasteiger partial charge in [-0.05, 0) is 24.6 Å². The second-order valence-electron chi connectivity index (χ2n) is 8.24. The molecule has 0 radical (unpaired) electrons. The molecule has 160 valence electrons. The second-order valence-corrected chi connectivity index (χ2v) is 9.15. The van der Waals surface area contributed by atoms with E-state index in [1.165, 1.54) is 0 Å². The highest BCUT2D eigenvalue weighted by Gasteiger charge is 2.89. The number of esters is 1. The van der Waals surface area contributed by atoms with Crippen molar-refractivity contribution in [2.75, 3.05) is 26.3 Å². The Hall–Kier alpha value is -2.51. The summed E-state index contributed by atoms with van der Waals surface area (Å²) in [6.07, 6.45) is 0.350. The molecule has 6 nitrogen and oxygen atoms in total. The minimum atomic E-state index is -1.56. The van der Waals surface area contributed by atoms with Crippen molar-refractivity contribution in [3.05, 3.63) is 64.1 Å². The largest absolute Gasteiger partial charge is 0.425 e. The van der Waals surface area contributed by atoms with Gasteiger partial charge in [-0.3, -0.25) is 14.4 Å². The van der Waals surface area contributed by atoms with Crippen molar-refractivity contribution in [2.24, 2.45) is 10.8 Å². The zero-order chi connectivity index (χ0) is 21.8. The molecule has 0 aromatic heterocycles. The normalized spacial score (nSPS) is 28.9. The maximum Gasteiger partial charge on any atom is 0.328 e. The Labute approximate surface area is 188 Å². The summed E-state index contributed by atoms with van der Waals surface area (Å²) in [4.78, 5) is 43.1. The van der Waals surface area contributed by atoms with Crippen LogP contribution in [0.15, 0.2) is 53.0 Å². The summed E-state index contributed by atoms with van der Waals surface area (Å²) in [5.41, 5.74) is -1.52. The molecule has 1 aliphatic carbocycles. The minimum Gasteiger partial charge on any atom is -0.425 e. The number of hydrogen-bond donors (Lipinski definition) is 0. The Kier molecular flexibility index (Phi) is 4.79. The number of carbonyl (C=O) groups is 3. The van der Waals surface area contributed by atoms with Crippen molar-refractivity contribution in [2.45, 2.75) is 19.3 Å². The van der Waals surface area contributed by atoms with Crippen LogP contribution in [0.4, 0.5) is 0 Å². The first-order valence-corrected chi connectivity index (χ1v) is 11.3. The van der Waals surface area contributed by atoms with Gasteiger partial charge in [0, 0.05) is 34.6 Å². The molecule has 2 aromatic rings. The number of benzene rings is 2. The first kappa shape index (κ1) is 20.4. The lowest BCUT2D eigenvalue weighted by atomic mass is 9.82. The van der Waals surface area contributed by atoms with E-state index in [0.29, 0.717) is 44.0 Å². The average Bonchev–Trinajstić information content (AvgIpc) is 3.46. The number of nitrogens with zero attached hydrogens (tertiary/aromatic N) is 1. The number of amides is 1. The van der Waals surface area contributed by atoms with Gasteiger partial charge in [-0.25, -0.2) is 0 Å². The zero-order valence-corrected chi connectivity index (χ0v) is 18.7.